The van der Waals surface area contributed by atoms with Gasteiger partial charge in [-0.15, -0.1) is 0 Å². The summed E-state index contributed by atoms with van der Waals surface area (Å²) in [7, 11) is 0. The van der Waals surface area contributed by atoms with Crippen molar-refractivity contribution in [3.8, 4) is 0 Å². The van der Waals surface area contributed by atoms with Crippen LogP contribution in [0.15, 0.2) is 0 Å². The first-order chi connectivity index (χ1) is 9.74. The number of aliphatic hydroxyl groups excluding tert-OH is 1. The van der Waals surface area contributed by atoms with Crippen LogP contribution in [0, 0.1) is 11.8 Å². The molecule has 3 nitrogen and oxygen atoms in total. The van der Waals surface area contributed by atoms with Crippen molar-refractivity contribution in [2.75, 3.05) is 26.2 Å². The Morgan fingerprint density at radius 2 is 1.75 bits per heavy atom. The second kappa shape index (κ2) is 6.33. The summed E-state index contributed by atoms with van der Waals surface area (Å²) in [5.41, 5.74) is 0.0199. The van der Waals surface area contributed by atoms with Crippen molar-refractivity contribution in [3.05, 3.63) is 0 Å². The Balaban J connectivity index is 1.56. The molecule has 0 radical (unpaired) electrons. The molecule has 3 aliphatic carbocycles. The molecular weight excluding hydrogens is 248 g/mol. The summed E-state index contributed by atoms with van der Waals surface area (Å²) in [5.74, 6) is 1.97. The van der Waals surface area contributed by atoms with E-state index in [1.165, 1.54) is 45.2 Å². The summed E-state index contributed by atoms with van der Waals surface area (Å²) in [6.07, 6.45) is 10.5. The standard InChI is InChI=1S/C17H32N2O/c1-2-9-18-17(13-20)8-7-16(10-17)19(11-14-3-4-14)12-15-5-6-15/h14-16,18,20H,2-13H2,1H3. The normalized spacial score (nSPS) is 34.0. The number of hydrogen-bond acceptors (Lipinski definition) is 3. The molecule has 3 heteroatoms. The van der Waals surface area contributed by atoms with E-state index in [9.17, 15) is 5.11 Å². The highest BCUT2D eigenvalue weighted by Crippen LogP contribution is 2.39. The van der Waals surface area contributed by atoms with Gasteiger partial charge in [-0.1, -0.05) is 6.92 Å². The lowest BCUT2D eigenvalue weighted by Crippen LogP contribution is -2.48. The van der Waals surface area contributed by atoms with E-state index in [0.29, 0.717) is 12.6 Å². The first kappa shape index (κ1) is 14.8. The minimum atomic E-state index is 0.0199. The quantitative estimate of drug-likeness (QED) is 0.681. The van der Waals surface area contributed by atoms with E-state index in [1.807, 2.05) is 0 Å². The van der Waals surface area contributed by atoms with Crippen LogP contribution in [0.4, 0.5) is 0 Å². The monoisotopic (exact) mass is 280 g/mol. The van der Waals surface area contributed by atoms with Gasteiger partial charge in [0, 0.05) is 24.7 Å². The highest BCUT2D eigenvalue weighted by Gasteiger charge is 2.42. The number of aliphatic hydroxyl groups is 1. The van der Waals surface area contributed by atoms with E-state index < -0.39 is 0 Å². The zero-order chi connectivity index (χ0) is 14.0. The van der Waals surface area contributed by atoms with Crippen LogP contribution < -0.4 is 5.32 Å². The number of nitrogens with zero attached hydrogens (tertiary/aromatic N) is 1. The van der Waals surface area contributed by atoms with Gasteiger partial charge >= 0.3 is 0 Å². The molecule has 2 unspecified atom stereocenters. The highest BCUT2D eigenvalue weighted by atomic mass is 16.3. The number of hydrogen-bond donors (Lipinski definition) is 2. The molecule has 2 N–H and O–H groups in total. The topological polar surface area (TPSA) is 35.5 Å². The van der Waals surface area contributed by atoms with Crippen molar-refractivity contribution >= 4 is 0 Å². The molecule has 3 aliphatic rings. The van der Waals surface area contributed by atoms with Gasteiger partial charge in [-0.3, -0.25) is 4.90 Å². The molecule has 0 spiro atoms. The van der Waals surface area contributed by atoms with Crippen molar-refractivity contribution in [1.29, 1.82) is 0 Å². The van der Waals surface area contributed by atoms with E-state index in [-0.39, 0.29) is 5.54 Å². The average molecular weight is 280 g/mol. The Kier molecular flexibility index (Phi) is 4.68. The van der Waals surface area contributed by atoms with Crippen LogP contribution in [0.25, 0.3) is 0 Å². The van der Waals surface area contributed by atoms with E-state index in [2.05, 4.69) is 17.1 Å². The predicted molar refractivity (Wildman–Crippen MR) is 82.8 cm³/mol. The summed E-state index contributed by atoms with van der Waals surface area (Å²) in [5, 5.41) is 13.5. The lowest BCUT2D eigenvalue weighted by Gasteiger charge is -2.33. The summed E-state index contributed by atoms with van der Waals surface area (Å²) >= 11 is 0. The van der Waals surface area contributed by atoms with Gasteiger partial charge in [0.25, 0.3) is 0 Å². The maximum Gasteiger partial charge on any atom is 0.0613 e. The summed E-state index contributed by atoms with van der Waals surface area (Å²) in [6.45, 7) is 6.21. The third kappa shape index (κ3) is 3.75. The molecule has 116 valence electrons. The minimum absolute atomic E-state index is 0.0199. The van der Waals surface area contributed by atoms with Gasteiger partial charge in [0.2, 0.25) is 0 Å². The third-order valence-electron chi connectivity index (χ3n) is 5.53. The molecule has 0 aromatic heterocycles. The van der Waals surface area contributed by atoms with Crippen LogP contribution in [0.3, 0.4) is 0 Å². The molecular formula is C17H32N2O. The summed E-state index contributed by atoms with van der Waals surface area (Å²) < 4.78 is 0. The van der Waals surface area contributed by atoms with Crippen molar-refractivity contribution in [1.82, 2.24) is 10.2 Å². The molecule has 3 fully saturated rings. The molecule has 0 aliphatic heterocycles. The van der Waals surface area contributed by atoms with Crippen LogP contribution in [0.5, 0.6) is 0 Å². The zero-order valence-corrected chi connectivity index (χ0v) is 13.1. The lowest BCUT2D eigenvalue weighted by molar-refractivity contribution is 0.137. The fraction of sp³-hybridized carbons (Fsp3) is 1.00. The SMILES string of the molecule is CCCNC1(CO)CCC(N(CC2CC2)CC2CC2)C1. The molecule has 20 heavy (non-hydrogen) atoms. The van der Waals surface area contributed by atoms with Crippen molar-refractivity contribution in [2.45, 2.75) is 69.9 Å². The van der Waals surface area contributed by atoms with E-state index in [1.54, 1.807) is 0 Å². The minimum Gasteiger partial charge on any atom is -0.394 e. The Morgan fingerprint density at radius 3 is 2.25 bits per heavy atom. The molecule has 0 amide bonds. The van der Waals surface area contributed by atoms with Crippen LogP contribution in [-0.2, 0) is 0 Å². The van der Waals surface area contributed by atoms with Gasteiger partial charge in [0.05, 0.1) is 6.61 Å². The van der Waals surface area contributed by atoms with Crippen molar-refractivity contribution < 1.29 is 5.11 Å². The number of rotatable bonds is 9. The van der Waals surface area contributed by atoms with Gasteiger partial charge < -0.3 is 10.4 Å². The maximum absolute atomic E-state index is 9.85. The molecule has 2 atom stereocenters. The van der Waals surface area contributed by atoms with Gasteiger partial charge in [-0.25, -0.2) is 0 Å². The highest BCUT2D eigenvalue weighted by molar-refractivity contribution is 5.00. The van der Waals surface area contributed by atoms with Gasteiger partial charge in [-0.05, 0) is 69.7 Å². The summed E-state index contributed by atoms with van der Waals surface area (Å²) in [4.78, 5) is 2.79. The first-order valence-corrected chi connectivity index (χ1v) is 8.84. The molecule has 0 aromatic rings. The second-order valence-corrected chi connectivity index (χ2v) is 7.60. The Morgan fingerprint density at radius 1 is 1.10 bits per heavy atom. The molecule has 0 heterocycles. The molecule has 0 saturated heterocycles. The van der Waals surface area contributed by atoms with Crippen LogP contribution >= 0.6 is 0 Å². The Hall–Kier alpha value is -0.120. The summed E-state index contributed by atoms with van der Waals surface area (Å²) in [6, 6.07) is 0.715. The van der Waals surface area contributed by atoms with Crippen LogP contribution in [-0.4, -0.2) is 47.8 Å². The molecule has 0 bridgehead atoms. The van der Waals surface area contributed by atoms with Gasteiger partial charge in [-0.2, -0.15) is 0 Å². The Bertz CT molecular complexity index is 300. The fourth-order valence-corrected chi connectivity index (χ4v) is 3.80. The number of nitrogens with one attached hydrogen (secondary N) is 1. The molecule has 0 aromatic carbocycles. The smallest absolute Gasteiger partial charge is 0.0613 e. The lowest BCUT2D eigenvalue weighted by atomic mass is 9.98. The Labute approximate surface area is 124 Å². The van der Waals surface area contributed by atoms with E-state index in [4.69, 9.17) is 0 Å². The predicted octanol–water partition coefficient (Wildman–Crippen LogP) is 2.39. The van der Waals surface area contributed by atoms with Gasteiger partial charge in [0.1, 0.15) is 0 Å². The van der Waals surface area contributed by atoms with Crippen molar-refractivity contribution in [2.24, 2.45) is 11.8 Å². The molecule has 3 rings (SSSR count). The van der Waals surface area contributed by atoms with Crippen LogP contribution in [0.1, 0.15) is 58.3 Å². The maximum atomic E-state index is 9.85. The third-order valence-corrected chi connectivity index (χ3v) is 5.53. The molecule has 3 saturated carbocycles. The average Bonchev–Trinajstić information content (AvgIpc) is 3.38. The van der Waals surface area contributed by atoms with Crippen molar-refractivity contribution in [3.63, 3.8) is 0 Å². The zero-order valence-electron chi connectivity index (χ0n) is 13.1. The van der Waals surface area contributed by atoms with Crippen LogP contribution in [0.2, 0.25) is 0 Å². The first-order valence-electron chi connectivity index (χ1n) is 8.84. The largest absolute Gasteiger partial charge is 0.394 e. The fourth-order valence-electron chi connectivity index (χ4n) is 3.80. The van der Waals surface area contributed by atoms with Gasteiger partial charge in [0.15, 0.2) is 0 Å². The van der Waals surface area contributed by atoms with E-state index in [0.717, 1.165) is 37.6 Å². The van der Waals surface area contributed by atoms with E-state index >= 15 is 0 Å². The second-order valence-electron chi connectivity index (χ2n) is 7.60.